The Labute approximate surface area is 190 Å². The molecule has 0 saturated heterocycles. The zero-order chi connectivity index (χ0) is 22.4. The highest BCUT2D eigenvalue weighted by Crippen LogP contribution is 2.25. The van der Waals surface area contributed by atoms with E-state index in [2.05, 4.69) is 15.9 Å². The smallest absolute Gasteiger partial charge is 0.233 e. The fourth-order valence-corrected chi connectivity index (χ4v) is 3.75. The van der Waals surface area contributed by atoms with Crippen LogP contribution in [-0.4, -0.2) is 32.9 Å². The molecule has 0 aliphatic heterocycles. The first-order valence-electron chi connectivity index (χ1n) is 9.68. The summed E-state index contributed by atoms with van der Waals surface area (Å²) >= 11 is 3.46. The molecule has 0 unspecified atom stereocenters. The summed E-state index contributed by atoms with van der Waals surface area (Å²) in [5, 5.41) is 0. The Morgan fingerprint density at radius 1 is 0.645 bits per heavy atom. The van der Waals surface area contributed by atoms with E-state index in [4.69, 9.17) is 14.2 Å². The van der Waals surface area contributed by atoms with Crippen molar-refractivity contribution in [2.45, 2.75) is 12.8 Å². The Morgan fingerprint density at radius 3 is 1.71 bits per heavy atom. The highest BCUT2D eigenvalue weighted by Gasteiger charge is 2.21. The molecule has 0 radical (unpaired) electrons. The van der Waals surface area contributed by atoms with Gasteiger partial charge in [0.2, 0.25) is 11.6 Å². The van der Waals surface area contributed by atoms with Crippen molar-refractivity contribution in [3.8, 4) is 17.2 Å². The fraction of sp³-hybridized carbons (Fsp3) is 0.200. The van der Waals surface area contributed by atoms with Gasteiger partial charge in [0, 0.05) is 21.7 Å². The molecule has 3 aromatic rings. The Balaban J connectivity index is 1.79. The van der Waals surface area contributed by atoms with Crippen LogP contribution in [0.15, 0.2) is 65.1 Å². The molecule has 0 atom stereocenters. The molecule has 5 nitrogen and oxygen atoms in total. The van der Waals surface area contributed by atoms with Crippen LogP contribution >= 0.6 is 15.9 Å². The monoisotopic (exact) mass is 482 g/mol. The average Bonchev–Trinajstić information content (AvgIpc) is 2.81. The van der Waals surface area contributed by atoms with Gasteiger partial charge in [-0.15, -0.1) is 0 Å². The van der Waals surface area contributed by atoms with Gasteiger partial charge in [0.05, 0.1) is 21.3 Å². The van der Waals surface area contributed by atoms with Gasteiger partial charge in [-0.2, -0.15) is 0 Å². The quantitative estimate of drug-likeness (QED) is 0.304. The summed E-state index contributed by atoms with van der Waals surface area (Å²) in [6, 6.07) is 18.0. The number of ketones is 2. The van der Waals surface area contributed by atoms with Gasteiger partial charge in [0.1, 0.15) is 17.2 Å². The minimum atomic E-state index is -0.614. The van der Waals surface area contributed by atoms with Gasteiger partial charge in [-0.3, -0.25) is 9.59 Å². The summed E-state index contributed by atoms with van der Waals surface area (Å²) in [4.78, 5) is 25.8. The lowest BCUT2D eigenvalue weighted by Gasteiger charge is -2.09. The standard InChI is InChI=1S/C25H23BrO5/c1-29-21-8-6-16(7-9-21)4-5-17-10-18(12-20(26)11-17)24(27)25(28)19-13-22(30-2)15-23(14-19)31-3/h6-15H,4-5H2,1-3H3. The number of Topliss-reactive ketones (excluding diaryl/α,β-unsaturated/α-hetero) is 2. The first-order chi connectivity index (χ1) is 14.9. The zero-order valence-corrected chi connectivity index (χ0v) is 19.2. The van der Waals surface area contributed by atoms with Crippen LogP contribution in [0.5, 0.6) is 17.2 Å². The molecule has 31 heavy (non-hydrogen) atoms. The summed E-state index contributed by atoms with van der Waals surface area (Å²) in [5.41, 5.74) is 2.68. The molecule has 3 rings (SSSR count). The maximum Gasteiger partial charge on any atom is 0.233 e. The molecule has 0 saturated carbocycles. The molecule has 0 spiro atoms. The normalized spacial score (nSPS) is 10.5. The van der Waals surface area contributed by atoms with E-state index in [1.54, 1.807) is 25.3 Å². The Hall–Kier alpha value is -3.12. The van der Waals surface area contributed by atoms with Gasteiger partial charge >= 0.3 is 0 Å². The predicted octanol–water partition coefficient (Wildman–Crippen LogP) is 5.33. The van der Waals surface area contributed by atoms with Crippen LogP contribution in [0, 0.1) is 0 Å². The second kappa shape index (κ2) is 10.3. The summed E-state index contributed by atoms with van der Waals surface area (Å²) in [7, 11) is 4.63. The Kier molecular flexibility index (Phi) is 7.47. The van der Waals surface area contributed by atoms with E-state index >= 15 is 0 Å². The minimum absolute atomic E-state index is 0.223. The number of benzene rings is 3. The van der Waals surface area contributed by atoms with Gasteiger partial charge < -0.3 is 14.2 Å². The molecule has 0 aliphatic carbocycles. The van der Waals surface area contributed by atoms with Gasteiger partial charge in [-0.05, 0) is 66.4 Å². The minimum Gasteiger partial charge on any atom is -0.497 e. The average molecular weight is 483 g/mol. The third-order valence-electron chi connectivity index (χ3n) is 4.90. The van der Waals surface area contributed by atoms with E-state index < -0.39 is 11.6 Å². The Morgan fingerprint density at radius 2 is 1.16 bits per heavy atom. The topological polar surface area (TPSA) is 61.8 Å². The molecule has 3 aromatic carbocycles. The third-order valence-corrected chi connectivity index (χ3v) is 5.36. The number of methoxy groups -OCH3 is 3. The molecule has 0 bridgehead atoms. The van der Waals surface area contributed by atoms with Crippen LogP contribution in [0.2, 0.25) is 0 Å². The van der Waals surface area contributed by atoms with Crippen LogP contribution in [-0.2, 0) is 12.8 Å². The first-order valence-corrected chi connectivity index (χ1v) is 10.5. The van der Waals surface area contributed by atoms with Gasteiger partial charge in [0.15, 0.2) is 0 Å². The lowest BCUT2D eigenvalue weighted by Crippen LogP contribution is -2.15. The molecular formula is C25H23BrO5. The summed E-state index contributed by atoms with van der Waals surface area (Å²) < 4.78 is 16.3. The van der Waals surface area contributed by atoms with E-state index in [1.807, 2.05) is 30.3 Å². The molecular weight excluding hydrogens is 460 g/mol. The van der Waals surface area contributed by atoms with Crippen molar-refractivity contribution in [3.05, 3.63) is 87.4 Å². The lowest BCUT2D eigenvalue weighted by molar-refractivity contribution is 0.0816. The summed E-state index contributed by atoms with van der Waals surface area (Å²) in [6.45, 7) is 0. The first kappa shape index (κ1) is 22.6. The van der Waals surface area contributed by atoms with Crippen LogP contribution in [0.25, 0.3) is 0 Å². The van der Waals surface area contributed by atoms with Crippen molar-refractivity contribution in [1.82, 2.24) is 0 Å². The predicted molar refractivity (Wildman–Crippen MR) is 123 cm³/mol. The van der Waals surface area contributed by atoms with Crippen molar-refractivity contribution in [2.24, 2.45) is 0 Å². The highest BCUT2D eigenvalue weighted by molar-refractivity contribution is 9.10. The van der Waals surface area contributed by atoms with Gasteiger partial charge in [-0.25, -0.2) is 0 Å². The van der Waals surface area contributed by atoms with Crippen molar-refractivity contribution in [2.75, 3.05) is 21.3 Å². The maximum atomic E-state index is 12.9. The largest absolute Gasteiger partial charge is 0.497 e. The van der Waals surface area contributed by atoms with Crippen molar-refractivity contribution < 1.29 is 23.8 Å². The van der Waals surface area contributed by atoms with Crippen LogP contribution in [0.4, 0.5) is 0 Å². The van der Waals surface area contributed by atoms with E-state index in [0.717, 1.165) is 34.2 Å². The van der Waals surface area contributed by atoms with Crippen LogP contribution in [0.1, 0.15) is 31.8 Å². The van der Waals surface area contributed by atoms with E-state index in [1.165, 1.54) is 26.4 Å². The van der Waals surface area contributed by atoms with E-state index in [9.17, 15) is 9.59 Å². The molecule has 0 N–H and O–H groups in total. The molecule has 160 valence electrons. The number of ether oxygens (including phenoxy) is 3. The molecule has 0 heterocycles. The molecule has 0 aromatic heterocycles. The number of carbonyl (C=O) groups excluding carboxylic acids is 2. The number of hydrogen-bond acceptors (Lipinski definition) is 5. The second-order valence-electron chi connectivity index (χ2n) is 6.96. The number of halogens is 1. The number of aryl methyl sites for hydroxylation is 2. The van der Waals surface area contributed by atoms with Crippen LogP contribution in [0.3, 0.4) is 0 Å². The number of carbonyl (C=O) groups is 2. The van der Waals surface area contributed by atoms with Gasteiger partial charge in [0.25, 0.3) is 0 Å². The van der Waals surface area contributed by atoms with Gasteiger partial charge in [-0.1, -0.05) is 28.1 Å². The SMILES string of the molecule is COc1ccc(CCc2cc(Br)cc(C(=O)C(=O)c3cc(OC)cc(OC)c3)c2)cc1. The molecule has 0 fully saturated rings. The fourth-order valence-electron chi connectivity index (χ4n) is 3.21. The van der Waals surface area contributed by atoms with Crippen LogP contribution < -0.4 is 14.2 Å². The summed E-state index contributed by atoms with van der Waals surface area (Å²) in [5.74, 6) is 0.514. The number of hydrogen-bond donors (Lipinski definition) is 0. The highest BCUT2D eigenvalue weighted by atomic mass is 79.9. The molecule has 0 amide bonds. The van der Waals surface area contributed by atoms with E-state index in [0.29, 0.717) is 17.1 Å². The molecule has 6 heteroatoms. The summed E-state index contributed by atoms with van der Waals surface area (Å²) in [6.07, 6.45) is 1.53. The Bertz CT molecular complexity index is 1070. The second-order valence-corrected chi connectivity index (χ2v) is 7.87. The molecule has 0 aliphatic rings. The lowest BCUT2D eigenvalue weighted by atomic mass is 9.97. The van der Waals surface area contributed by atoms with Crippen molar-refractivity contribution >= 4 is 27.5 Å². The third kappa shape index (κ3) is 5.73. The zero-order valence-electron chi connectivity index (χ0n) is 17.6. The number of rotatable bonds is 9. The van der Waals surface area contributed by atoms with E-state index in [-0.39, 0.29) is 5.56 Å². The van der Waals surface area contributed by atoms with Crippen molar-refractivity contribution in [3.63, 3.8) is 0 Å². The maximum absolute atomic E-state index is 12.9. The van der Waals surface area contributed by atoms with Crippen molar-refractivity contribution in [1.29, 1.82) is 0 Å².